The van der Waals surface area contributed by atoms with Crippen molar-refractivity contribution < 1.29 is 11.3 Å². The van der Waals surface area contributed by atoms with Gasteiger partial charge in [-0.1, -0.05) is 0 Å². The summed E-state index contributed by atoms with van der Waals surface area (Å²) >= 11 is 1.54. The predicted molar refractivity (Wildman–Crippen MR) is 43.5 cm³/mol. The highest BCUT2D eigenvalue weighted by molar-refractivity contribution is 7.98. The Balaban J connectivity index is 3.99. The number of carboxylic acids is 1. The third-order valence-electron chi connectivity index (χ3n) is 1.12. The van der Waals surface area contributed by atoms with Gasteiger partial charge in [-0.15, -0.1) is 0 Å². The van der Waals surface area contributed by atoms with Crippen LogP contribution in [0, 0.1) is 0 Å². The zero-order valence-electron chi connectivity index (χ0n) is 7.18. The van der Waals surface area contributed by atoms with Crippen molar-refractivity contribution >= 4 is 17.7 Å². The van der Waals surface area contributed by atoms with Crippen molar-refractivity contribution in [3.8, 4) is 0 Å². The molecule has 0 fully saturated rings. The molecule has 1 unspecified atom stereocenters. The summed E-state index contributed by atoms with van der Waals surface area (Å²) in [6.45, 7) is 0. The monoisotopic (exact) mass is 164 g/mol. The lowest BCUT2D eigenvalue weighted by Gasteiger charge is -2.08. The average Bonchev–Trinajstić information content (AvgIpc) is 2.00. The van der Waals surface area contributed by atoms with Gasteiger partial charge in [-0.2, -0.15) is 11.8 Å². The second-order valence-corrected chi connectivity index (χ2v) is 2.76. The van der Waals surface area contributed by atoms with Crippen LogP contribution in [0.1, 0.15) is 7.79 Å². The first-order valence-corrected chi connectivity index (χ1v) is 4.37. The first-order valence-electron chi connectivity index (χ1n) is 3.48. The maximum Gasteiger partial charge on any atom is 0.320 e. The highest BCUT2D eigenvalue weighted by Gasteiger charge is 2.12. The fraction of sp³-hybridized carbons (Fsp3) is 0.833. The maximum absolute atomic E-state index is 10.5. The van der Waals surface area contributed by atoms with Crippen molar-refractivity contribution in [2.24, 2.45) is 0 Å². The molecule has 60 valence electrons. The summed E-state index contributed by atoms with van der Waals surface area (Å²) in [6, 6.07) is -1.51. The minimum atomic E-state index is -1.51. The summed E-state index contributed by atoms with van der Waals surface area (Å²) in [6.07, 6.45) is 2.21. The predicted octanol–water partition coefficient (Wildman–Crippen LogP) is 0.412. The highest BCUT2D eigenvalue weighted by atomic mass is 32.2. The molecule has 1 atom stereocenters. The second-order valence-electron chi connectivity index (χ2n) is 1.78. The molecule has 0 amide bonds. The summed E-state index contributed by atoms with van der Waals surface area (Å²) in [5, 5.41) is 11.1. The number of hydrogen-bond acceptors (Lipinski definition) is 3. The van der Waals surface area contributed by atoms with E-state index < -0.39 is 12.0 Å². The number of rotatable bonds is 5. The van der Waals surface area contributed by atoms with E-state index in [2.05, 4.69) is 5.32 Å². The number of likely N-dealkylation sites (N-methyl/N-ethyl adjacent to an activating group) is 1. The van der Waals surface area contributed by atoms with Gasteiger partial charge in [0.15, 0.2) is 0 Å². The van der Waals surface area contributed by atoms with Crippen LogP contribution in [0.4, 0.5) is 0 Å². The Morgan fingerprint density at radius 2 is 2.60 bits per heavy atom. The summed E-state index contributed by atoms with van der Waals surface area (Å²) in [5.41, 5.74) is 0. The van der Waals surface area contributed by atoms with Crippen LogP contribution in [-0.2, 0) is 4.79 Å². The van der Waals surface area contributed by atoms with Gasteiger partial charge >= 0.3 is 5.97 Å². The number of thioether (sulfide) groups is 1. The number of carboxylic acid groups (broad SMARTS) is 1. The van der Waals surface area contributed by atoms with E-state index in [1.807, 2.05) is 6.26 Å². The molecule has 2 N–H and O–H groups in total. The highest BCUT2D eigenvalue weighted by Crippen LogP contribution is 1.99. The lowest BCUT2D eigenvalue weighted by atomic mass is 10.2. The average molecular weight is 164 g/mol. The van der Waals surface area contributed by atoms with Gasteiger partial charge in [-0.3, -0.25) is 4.79 Å². The van der Waals surface area contributed by atoms with Crippen molar-refractivity contribution in [2.45, 2.75) is 12.4 Å². The Labute approximate surface area is 66.6 Å². The molecule has 0 aromatic carbocycles. The lowest BCUT2D eigenvalue weighted by molar-refractivity contribution is -0.139. The zero-order chi connectivity index (χ0) is 8.91. The van der Waals surface area contributed by atoms with Gasteiger partial charge < -0.3 is 10.4 Å². The van der Waals surface area contributed by atoms with Crippen LogP contribution in [0.25, 0.3) is 0 Å². The van der Waals surface area contributed by atoms with E-state index >= 15 is 0 Å². The quantitative estimate of drug-likeness (QED) is 0.618. The summed E-state index contributed by atoms with van der Waals surface area (Å²) < 4.78 is 7.40. The zero-order valence-corrected chi connectivity index (χ0v) is 6.99. The largest absolute Gasteiger partial charge is 0.480 e. The molecule has 0 radical (unpaired) electrons. The number of carbonyl (C=O) groups is 1. The molecular formula is C6H13NO2S. The van der Waals surface area contributed by atoms with Gasteiger partial charge in [0.25, 0.3) is 0 Å². The molecule has 10 heavy (non-hydrogen) atoms. The van der Waals surface area contributed by atoms with Crippen molar-refractivity contribution in [3.63, 3.8) is 0 Å². The fourth-order valence-corrected chi connectivity index (χ4v) is 0.951. The molecule has 0 heterocycles. The summed E-state index contributed by atoms with van der Waals surface area (Å²) in [7, 11) is 1.49. The molecule has 4 heteroatoms. The van der Waals surface area contributed by atoms with E-state index in [-0.39, 0.29) is 0 Å². The van der Waals surface area contributed by atoms with Crippen molar-refractivity contribution in [2.75, 3.05) is 19.1 Å². The molecule has 0 bridgehead atoms. The molecule has 0 aromatic rings. The number of hydrogen-bond donors (Lipinski definition) is 2. The van der Waals surface area contributed by atoms with E-state index in [9.17, 15) is 4.79 Å². The molecule has 0 saturated heterocycles. The minimum absolute atomic E-state index is 0.319. The van der Waals surface area contributed by atoms with Crippen LogP contribution in [0.2, 0.25) is 0 Å². The standard InChI is InChI=1S/C6H13NO2S/c1-7-5(6(8)9)3-4-10-2/h5,7H,3-4H2,1-2H3,(H,8,9)/i5D. The third-order valence-corrected chi connectivity index (χ3v) is 1.73. The molecule has 0 aliphatic heterocycles. The van der Waals surface area contributed by atoms with Gasteiger partial charge in [-0.25, -0.2) is 0 Å². The number of nitrogens with one attached hydrogen (secondary N) is 1. The van der Waals surface area contributed by atoms with Crippen LogP contribution < -0.4 is 5.32 Å². The Bertz CT molecular complexity index is 145. The van der Waals surface area contributed by atoms with E-state index in [1.54, 1.807) is 0 Å². The van der Waals surface area contributed by atoms with Gasteiger partial charge in [0.05, 0.1) is 1.37 Å². The molecule has 0 spiro atoms. The summed E-state index contributed by atoms with van der Waals surface area (Å²) in [5.74, 6) is -0.439. The van der Waals surface area contributed by atoms with Gasteiger partial charge in [-0.05, 0) is 25.5 Å². The third kappa shape index (κ3) is 3.74. The molecule has 0 aliphatic carbocycles. The molecule has 0 aromatic heterocycles. The normalized spacial score (nSPS) is 17.6. The Hall–Kier alpha value is -0.220. The van der Waals surface area contributed by atoms with Crippen LogP contribution in [0.5, 0.6) is 0 Å². The van der Waals surface area contributed by atoms with Gasteiger partial charge in [0.2, 0.25) is 0 Å². The number of aliphatic carboxylic acids is 1. The molecule has 0 saturated carbocycles. The molecule has 0 aliphatic rings. The van der Waals surface area contributed by atoms with Crippen molar-refractivity contribution in [1.82, 2.24) is 5.32 Å². The Morgan fingerprint density at radius 3 is 2.90 bits per heavy atom. The lowest BCUT2D eigenvalue weighted by Crippen LogP contribution is -2.34. The molecule has 0 rings (SSSR count). The van der Waals surface area contributed by atoms with Gasteiger partial charge in [0.1, 0.15) is 6.02 Å². The van der Waals surface area contributed by atoms with E-state index in [4.69, 9.17) is 6.48 Å². The Kier molecular flexibility index (Phi) is 4.38. The topological polar surface area (TPSA) is 49.3 Å². The van der Waals surface area contributed by atoms with Crippen LogP contribution >= 0.6 is 11.8 Å². The summed E-state index contributed by atoms with van der Waals surface area (Å²) in [4.78, 5) is 10.5. The first kappa shape index (κ1) is 7.88. The smallest absolute Gasteiger partial charge is 0.320 e. The van der Waals surface area contributed by atoms with Crippen LogP contribution in [-0.4, -0.2) is 36.2 Å². The molecular weight excluding hydrogens is 150 g/mol. The first-order chi connectivity index (χ1) is 5.06. The minimum Gasteiger partial charge on any atom is -0.480 e. The van der Waals surface area contributed by atoms with E-state index in [0.717, 1.165) is 0 Å². The van der Waals surface area contributed by atoms with Crippen LogP contribution in [0.3, 0.4) is 0 Å². The fourth-order valence-electron chi connectivity index (χ4n) is 0.543. The Morgan fingerprint density at radius 1 is 2.00 bits per heavy atom. The van der Waals surface area contributed by atoms with Crippen molar-refractivity contribution in [1.29, 1.82) is 0 Å². The maximum atomic E-state index is 10.5. The van der Waals surface area contributed by atoms with Crippen molar-refractivity contribution in [3.05, 3.63) is 0 Å². The van der Waals surface area contributed by atoms with E-state index in [0.29, 0.717) is 12.2 Å². The SMILES string of the molecule is [2H]C(CCSC)(NC)C(=O)O. The second kappa shape index (κ2) is 5.56. The van der Waals surface area contributed by atoms with Crippen LogP contribution in [0.15, 0.2) is 0 Å². The molecule has 3 nitrogen and oxygen atoms in total. The van der Waals surface area contributed by atoms with Gasteiger partial charge in [0, 0.05) is 0 Å². The van der Waals surface area contributed by atoms with E-state index in [1.165, 1.54) is 18.8 Å².